The minimum atomic E-state index is -1.43. The molecule has 10 rings (SSSR count). The van der Waals surface area contributed by atoms with E-state index in [1.54, 1.807) is 52.2 Å². The molecular weight excluding hydrogens is 865 g/mol. The molecule has 3 amide bonds. The van der Waals surface area contributed by atoms with Crippen LogP contribution >= 0.6 is 47.0 Å². The van der Waals surface area contributed by atoms with E-state index in [0.717, 1.165) is 52.0 Å². The van der Waals surface area contributed by atoms with Gasteiger partial charge in [0.15, 0.2) is 19.5 Å². The first-order valence-electron chi connectivity index (χ1n) is 20.3. The SMILES string of the molecule is COc1ccc(C2S[C@@]3(CO)C(=O)N(C)[C@@](Cc4ccc(CCc5ccc(C[C@@]67SC(c8ccc(OC)cc8)S[C@@](CO)(C(O)N6C)N(C)C7=O)cc5)cc4)(S2)C(=O)N3C)cc1. The highest BCUT2D eigenvalue weighted by Gasteiger charge is 2.67. The summed E-state index contributed by atoms with van der Waals surface area (Å²) in [6.45, 7) is -0.905. The van der Waals surface area contributed by atoms with Crippen LogP contribution in [0, 0.1) is 0 Å². The summed E-state index contributed by atoms with van der Waals surface area (Å²) >= 11 is 5.65. The molecular formula is C46H52N4O8S4. The number of fused-ring (bicyclic) bond motifs is 8. The average Bonchev–Trinajstić information content (AvgIpc) is 3.57. The number of aliphatic hydroxyl groups is 3. The lowest BCUT2D eigenvalue weighted by Crippen LogP contribution is -2.75. The van der Waals surface area contributed by atoms with Gasteiger partial charge in [-0.3, -0.25) is 19.3 Å². The van der Waals surface area contributed by atoms with Crippen LogP contribution in [0.3, 0.4) is 0 Å². The maximum absolute atomic E-state index is 14.4. The Kier molecular flexibility index (Phi) is 12.4. The fourth-order valence-corrected chi connectivity index (χ4v) is 16.4. The molecule has 3 unspecified atom stereocenters. The highest BCUT2D eigenvalue weighted by atomic mass is 32.2. The van der Waals surface area contributed by atoms with Crippen molar-refractivity contribution in [3.63, 3.8) is 0 Å². The first kappa shape index (κ1) is 44.7. The number of ether oxygens (including phenoxy) is 2. The predicted molar refractivity (Wildman–Crippen MR) is 247 cm³/mol. The summed E-state index contributed by atoms with van der Waals surface area (Å²) in [4.78, 5) is 44.0. The van der Waals surface area contributed by atoms with E-state index < -0.39 is 38.9 Å². The van der Waals surface area contributed by atoms with Crippen LogP contribution in [0.15, 0.2) is 97.1 Å². The van der Waals surface area contributed by atoms with Crippen LogP contribution in [0.4, 0.5) is 0 Å². The Morgan fingerprint density at radius 3 is 1.37 bits per heavy atom. The van der Waals surface area contributed by atoms with Crippen molar-refractivity contribution in [2.75, 3.05) is 55.6 Å². The maximum Gasteiger partial charge on any atom is 0.262 e. The monoisotopic (exact) mass is 916 g/mol. The minimum Gasteiger partial charge on any atom is -0.497 e. The Morgan fingerprint density at radius 2 is 0.903 bits per heavy atom. The van der Waals surface area contributed by atoms with Gasteiger partial charge >= 0.3 is 0 Å². The third-order valence-electron chi connectivity index (χ3n) is 13.0. The zero-order chi connectivity index (χ0) is 44.2. The Morgan fingerprint density at radius 1 is 0.516 bits per heavy atom. The molecule has 3 N–H and O–H groups in total. The average molecular weight is 917 g/mol. The van der Waals surface area contributed by atoms with Crippen LogP contribution in [-0.4, -0.2) is 134 Å². The van der Waals surface area contributed by atoms with Crippen molar-refractivity contribution in [2.24, 2.45) is 0 Å². The molecule has 4 aromatic carbocycles. The number of thioether (sulfide) groups is 4. The number of carbonyl (C=O) groups excluding carboxylic acids is 3. The van der Waals surface area contributed by atoms with Crippen molar-refractivity contribution in [1.82, 2.24) is 19.6 Å². The number of hydrogen-bond donors (Lipinski definition) is 3. The minimum absolute atomic E-state index is 0.162. The number of amides is 3. The molecule has 16 heteroatoms. The van der Waals surface area contributed by atoms with Crippen molar-refractivity contribution < 1.29 is 39.2 Å². The number of carbonyl (C=O) groups is 3. The standard InChI is InChI=1S/C46H52N4O8S4/c1-47-41(55)45(27-51)49(3)39(53)43(47,59-37(61-45)33-17-21-35(57-5)22-18-33)25-31-13-9-29(10-14-31)7-8-30-11-15-32(16-12-30)26-44-40(54)50(4)46(28-52,42(56)48(44)2)62-38(60-44)34-19-23-36(58-6)24-20-34/h9-24,37-38,41,51-52,55H,7-8,25-28H2,1-6H3/t37?,38?,41?,43-,44-,45-,46-/m0/s1. The van der Waals surface area contributed by atoms with Crippen LogP contribution < -0.4 is 9.47 Å². The largest absolute Gasteiger partial charge is 0.497 e. The van der Waals surface area contributed by atoms with Crippen molar-refractivity contribution in [2.45, 2.75) is 60.6 Å². The van der Waals surface area contributed by atoms with Crippen LogP contribution in [0.25, 0.3) is 0 Å². The molecule has 0 aromatic heterocycles. The Bertz CT molecular complexity index is 2310. The molecule has 6 aliphatic heterocycles. The Labute approximate surface area is 379 Å². The van der Waals surface area contributed by atoms with Gasteiger partial charge in [0.05, 0.1) is 36.6 Å². The van der Waals surface area contributed by atoms with Crippen molar-refractivity contribution >= 4 is 64.8 Å². The lowest BCUT2D eigenvalue weighted by Gasteiger charge is -2.54. The quantitative estimate of drug-likeness (QED) is 0.159. The van der Waals surface area contributed by atoms with E-state index in [0.29, 0.717) is 18.6 Å². The van der Waals surface area contributed by atoms with E-state index in [2.05, 4.69) is 36.4 Å². The zero-order valence-corrected chi connectivity index (χ0v) is 38.8. The smallest absolute Gasteiger partial charge is 0.262 e. The molecule has 4 aromatic rings. The van der Waals surface area contributed by atoms with Crippen LogP contribution in [0.5, 0.6) is 11.5 Å². The number of piperazine rings is 2. The van der Waals surface area contributed by atoms with Gasteiger partial charge < -0.3 is 39.5 Å². The van der Waals surface area contributed by atoms with Crippen LogP contribution in [0.1, 0.15) is 42.5 Å². The molecule has 0 saturated carbocycles. The second kappa shape index (κ2) is 17.3. The number of methoxy groups -OCH3 is 2. The van der Waals surface area contributed by atoms with E-state index in [9.17, 15) is 29.7 Å². The summed E-state index contributed by atoms with van der Waals surface area (Å²) < 4.78 is 10.2. The third-order valence-corrected chi connectivity index (χ3v) is 20.0. The molecule has 6 heterocycles. The number of rotatable bonds is 13. The van der Waals surface area contributed by atoms with Gasteiger partial charge in [0.2, 0.25) is 0 Å². The Hall–Kier alpha value is -3.87. The van der Waals surface area contributed by atoms with Crippen molar-refractivity contribution in [3.05, 3.63) is 130 Å². The number of hydrogen-bond acceptors (Lipinski definition) is 13. The van der Waals surface area contributed by atoms with Gasteiger partial charge in [0.1, 0.15) is 17.7 Å². The summed E-state index contributed by atoms with van der Waals surface area (Å²) in [6.07, 6.45) is 1.09. The van der Waals surface area contributed by atoms with Gasteiger partial charge in [-0.15, -0.1) is 47.0 Å². The lowest BCUT2D eigenvalue weighted by atomic mass is 9.95. The summed E-state index contributed by atoms with van der Waals surface area (Å²) in [7, 11) is 9.95. The van der Waals surface area contributed by atoms with E-state index >= 15 is 0 Å². The molecule has 6 aliphatic rings. The van der Waals surface area contributed by atoms with E-state index in [1.807, 2.05) is 60.7 Å². The normalized spacial score (nSPS) is 29.9. The Balaban J connectivity index is 0.973. The maximum atomic E-state index is 14.4. The highest BCUT2D eigenvalue weighted by Crippen LogP contribution is 2.63. The second-order valence-corrected chi connectivity index (χ2v) is 22.4. The first-order valence-corrected chi connectivity index (χ1v) is 23.8. The summed E-state index contributed by atoms with van der Waals surface area (Å²) in [5.74, 6) is 0.751. The van der Waals surface area contributed by atoms with Gasteiger partial charge in [-0.25, -0.2) is 0 Å². The zero-order valence-electron chi connectivity index (χ0n) is 35.5. The van der Waals surface area contributed by atoms with Gasteiger partial charge in [0.25, 0.3) is 17.7 Å². The van der Waals surface area contributed by atoms with Crippen LogP contribution in [0.2, 0.25) is 0 Å². The van der Waals surface area contributed by atoms with Crippen molar-refractivity contribution in [3.8, 4) is 11.5 Å². The summed E-state index contributed by atoms with van der Waals surface area (Å²) in [5, 5.41) is 33.1. The fraction of sp³-hybridized carbons (Fsp3) is 0.413. The molecule has 0 radical (unpaired) electrons. The summed E-state index contributed by atoms with van der Waals surface area (Å²) in [5.41, 5.74) is 6.02. The lowest BCUT2D eigenvalue weighted by molar-refractivity contribution is -0.176. The second-order valence-electron chi connectivity index (χ2n) is 16.3. The fourth-order valence-electron chi connectivity index (χ4n) is 8.89. The van der Waals surface area contributed by atoms with E-state index in [-0.39, 0.29) is 26.9 Å². The van der Waals surface area contributed by atoms with Gasteiger partial charge in [-0.1, -0.05) is 72.8 Å². The number of likely N-dealkylation sites (N-methyl/N-ethyl adjacent to an activating group) is 4. The van der Waals surface area contributed by atoms with E-state index in [1.165, 1.54) is 56.8 Å². The molecule has 12 nitrogen and oxygen atoms in total. The number of aliphatic hydroxyl groups excluding tert-OH is 3. The molecule has 7 atom stereocenters. The molecule has 0 aliphatic carbocycles. The molecule has 62 heavy (non-hydrogen) atoms. The highest BCUT2D eigenvalue weighted by molar-refractivity contribution is 8.19. The summed E-state index contributed by atoms with van der Waals surface area (Å²) in [6, 6.07) is 31.8. The van der Waals surface area contributed by atoms with Crippen LogP contribution in [-0.2, 0) is 40.1 Å². The topological polar surface area (TPSA) is 143 Å². The van der Waals surface area contributed by atoms with Crippen molar-refractivity contribution in [1.29, 1.82) is 0 Å². The van der Waals surface area contributed by atoms with Gasteiger partial charge in [0, 0.05) is 34.0 Å². The van der Waals surface area contributed by atoms with Gasteiger partial charge in [-0.05, 0) is 77.5 Å². The first-order chi connectivity index (χ1) is 29.7. The number of aryl methyl sites for hydroxylation is 2. The predicted octanol–water partition coefficient (Wildman–Crippen LogP) is 5.35. The molecule has 4 bridgehead atoms. The third kappa shape index (κ3) is 7.28. The van der Waals surface area contributed by atoms with Gasteiger partial charge in [-0.2, -0.15) is 0 Å². The number of benzene rings is 4. The molecule has 328 valence electrons. The van der Waals surface area contributed by atoms with E-state index in [4.69, 9.17) is 9.47 Å². The molecule has 0 spiro atoms. The number of nitrogens with zero attached hydrogens (tertiary/aromatic N) is 4. The molecule has 6 saturated heterocycles. The molecule has 6 fully saturated rings.